The van der Waals surface area contributed by atoms with E-state index < -0.39 is 0 Å². The van der Waals surface area contributed by atoms with E-state index in [0.717, 1.165) is 11.1 Å². The van der Waals surface area contributed by atoms with Gasteiger partial charge in [-0.3, -0.25) is 0 Å². The number of nitrogens with one attached hydrogen (secondary N) is 1. The molecule has 100 valence electrons. The SMILES string of the molecule is CNC(Cc1ccccc1F)c1cc(C)cnc1N. The maximum absolute atomic E-state index is 13.7. The van der Waals surface area contributed by atoms with Gasteiger partial charge in [-0.15, -0.1) is 0 Å². The van der Waals surface area contributed by atoms with Crippen LogP contribution >= 0.6 is 0 Å². The summed E-state index contributed by atoms with van der Waals surface area (Å²) in [7, 11) is 1.84. The number of nitrogens with two attached hydrogens (primary N) is 1. The highest BCUT2D eigenvalue weighted by Crippen LogP contribution is 2.24. The van der Waals surface area contributed by atoms with Gasteiger partial charge in [-0.05, 0) is 43.7 Å². The molecule has 1 atom stereocenters. The van der Waals surface area contributed by atoms with E-state index in [1.54, 1.807) is 18.3 Å². The topological polar surface area (TPSA) is 50.9 Å². The van der Waals surface area contributed by atoms with E-state index in [9.17, 15) is 4.39 Å². The highest BCUT2D eigenvalue weighted by molar-refractivity contribution is 5.43. The normalized spacial score (nSPS) is 12.4. The van der Waals surface area contributed by atoms with Gasteiger partial charge in [0.05, 0.1) is 0 Å². The van der Waals surface area contributed by atoms with Crippen molar-refractivity contribution < 1.29 is 4.39 Å². The Morgan fingerprint density at radius 2 is 2.11 bits per heavy atom. The summed E-state index contributed by atoms with van der Waals surface area (Å²) in [5.41, 5.74) is 8.53. The largest absolute Gasteiger partial charge is 0.383 e. The fourth-order valence-electron chi connectivity index (χ4n) is 2.13. The summed E-state index contributed by atoms with van der Waals surface area (Å²) in [5, 5.41) is 3.18. The van der Waals surface area contributed by atoms with E-state index >= 15 is 0 Å². The second kappa shape index (κ2) is 5.80. The van der Waals surface area contributed by atoms with E-state index in [2.05, 4.69) is 10.3 Å². The summed E-state index contributed by atoms with van der Waals surface area (Å²) in [6, 6.07) is 8.73. The summed E-state index contributed by atoms with van der Waals surface area (Å²) >= 11 is 0. The minimum Gasteiger partial charge on any atom is -0.383 e. The van der Waals surface area contributed by atoms with Crippen LogP contribution in [0.3, 0.4) is 0 Å². The summed E-state index contributed by atoms with van der Waals surface area (Å²) < 4.78 is 13.7. The molecule has 3 N–H and O–H groups in total. The maximum Gasteiger partial charge on any atom is 0.128 e. The van der Waals surface area contributed by atoms with Crippen LogP contribution < -0.4 is 11.1 Å². The van der Waals surface area contributed by atoms with Crippen LogP contribution in [0.25, 0.3) is 0 Å². The van der Waals surface area contributed by atoms with Crippen LogP contribution in [0.1, 0.15) is 22.7 Å². The lowest BCUT2D eigenvalue weighted by Crippen LogP contribution is -2.21. The average Bonchev–Trinajstić information content (AvgIpc) is 2.41. The zero-order valence-corrected chi connectivity index (χ0v) is 11.2. The average molecular weight is 259 g/mol. The van der Waals surface area contributed by atoms with E-state index in [0.29, 0.717) is 17.8 Å². The molecule has 0 spiro atoms. The molecule has 2 rings (SSSR count). The Balaban J connectivity index is 2.30. The van der Waals surface area contributed by atoms with Gasteiger partial charge < -0.3 is 11.1 Å². The molecule has 0 aliphatic carbocycles. The number of benzene rings is 1. The molecular weight excluding hydrogens is 241 g/mol. The Labute approximate surface area is 112 Å². The number of pyridine rings is 1. The molecule has 0 aliphatic rings. The molecule has 19 heavy (non-hydrogen) atoms. The second-order valence-electron chi connectivity index (χ2n) is 4.62. The Kier molecular flexibility index (Phi) is 4.12. The van der Waals surface area contributed by atoms with Crippen LogP contribution in [0.5, 0.6) is 0 Å². The van der Waals surface area contributed by atoms with Crippen molar-refractivity contribution in [1.29, 1.82) is 0 Å². The summed E-state index contributed by atoms with van der Waals surface area (Å²) in [6.07, 6.45) is 2.27. The van der Waals surface area contributed by atoms with Crippen molar-refractivity contribution in [2.75, 3.05) is 12.8 Å². The molecule has 0 amide bonds. The van der Waals surface area contributed by atoms with Crippen molar-refractivity contribution in [1.82, 2.24) is 10.3 Å². The van der Waals surface area contributed by atoms with Crippen LogP contribution in [0.15, 0.2) is 36.5 Å². The molecule has 0 fully saturated rings. The summed E-state index contributed by atoms with van der Waals surface area (Å²) in [5.74, 6) is 0.295. The third kappa shape index (κ3) is 3.09. The van der Waals surface area contributed by atoms with Crippen molar-refractivity contribution in [3.05, 3.63) is 59.0 Å². The number of aromatic nitrogens is 1. The molecular formula is C15H18FN3. The molecule has 4 heteroatoms. The first-order chi connectivity index (χ1) is 9.11. The standard InChI is InChI=1S/C15H18FN3/c1-10-7-12(15(17)19-9-10)14(18-2)8-11-5-3-4-6-13(11)16/h3-7,9,14,18H,8H2,1-2H3,(H2,17,19). The molecule has 1 unspecified atom stereocenters. The zero-order valence-electron chi connectivity index (χ0n) is 11.2. The molecule has 0 bridgehead atoms. The van der Waals surface area contributed by atoms with Crippen molar-refractivity contribution in [3.8, 4) is 0 Å². The number of halogens is 1. The van der Waals surface area contributed by atoms with Gasteiger partial charge >= 0.3 is 0 Å². The highest BCUT2D eigenvalue weighted by Gasteiger charge is 2.16. The van der Waals surface area contributed by atoms with Crippen molar-refractivity contribution in [3.63, 3.8) is 0 Å². The minimum absolute atomic E-state index is 0.0516. The number of rotatable bonds is 4. The lowest BCUT2D eigenvalue weighted by atomic mass is 9.98. The van der Waals surface area contributed by atoms with E-state index in [1.165, 1.54) is 6.07 Å². The van der Waals surface area contributed by atoms with Crippen LogP contribution in [-0.4, -0.2) is 12.0 Å². The summed E-state index contributed by atoms with van der Waals surface area (Å²) in [6.45, 7) is 1.96. The predicted octanol–water partition coefficient (Wildman–Crippen LogP) is 2.61. The molecule has 3 nitrogen and oxygen atoms in total. The quantitative estimate of drug-likeness (QED) is 0.887. The third-order valence-corrected chi connectivity index (χ3v) is 3.19. The molecule has 1 aromatic carbocycles. The van der Waals surface area contributed by atoms with Crippen LogP contribution in [0, 0.1) is 12.7 Å². The van der Waals surface area contributed by atoms with Crippen molar-refractivity contribution >= 4 is 5.82 Å². The number of anilines is 1. The van der Waals surface area contributed by atoms with Crippen LogP contribution in [0.2, 0.25) is 0 Å². The van der Waals surface area contributed by atoms with Gasteiger partial charge in [0.1, 0.15) is 11.6 Å². The highest BCUT2D eigenvalue weighted by atomic mass is 19.1. The Hall–Kier alpha value is -1.94. The second-order valence-corrected chi connectivity index (χ2v) is 4.62. The first-order valence-electron chi connectivity index (χ1n) is 6.24. The predicted molar refractivity (Wildman–Crippen MR) is 75.3 cm³/mol. The van der Waals surface area contributed by atoms with Gasteiger partial charge in [-0.25, -0.2) is 9.37 Å². The number of likely N-dealkylation sites (N-methyl/N-ethyl adjacent to an activating group) is 1. The first-order valence-corrected chi connectivity index (χ1v) is 6.24. The van der Waals surface area contributed by atoms with Gasteiger partial charge in [0.2, 0.25) is 0 Å². The number of nitrogens with zero attached hydrogens (tertiary/aromatic N) is 1. The Morgan fingerprint density at radius 1 is 1.37 bits per heavy atom. The summed E-state index contributed by atoms with van der Waals surface area (Å²) in [4.78, 5) is 4.16. The number of aryl methyl sites for hydroxylation is 1. The molecule has 0 aliphatic heterocycles. The number of hydrogen-bond donors (Lipinski definition) is 2. The molecule has 0 saturated heterocycles. The Morgan fingerprint density at radius 3 is 2.79 bits per heavy atom. The smallest absolute Gasteiger partial charge is 0.128 e. The van der Waals surface area contributed by atoms with Gasteiger partial charge in [-0.2, -0.15) is 0 Å². The lowest BCUT2D eigenvalue weighted by molar-refractivity contribution is 0.554. The van der Waals surface area contributed by atoms with Gasteiger partial charge in [0.25, 0.3) is 0 Å². The van der Waals surface area contributed by atoms with Crippen LogP contribution in [0.4, 0.5) is 10.2 Å². The minimum atomic E-state index is -0.193. The zero-order chi connectivity index (χ0) is 13.8. The van der Waals surface area contributed by atoms with Gasteiger partial charge in [0, 0.05) is 17.8 Å². The van der Waals surface area contributed by atoms with Gasteiger partial charge in [0.15, 0.2) is 0 Å². The maximum atomic E-state index is 13.7. The number of hydrogen-bond acceptors (Lipinski definition) is 3. The first kappa shape index (κ1) is 13.5. The van der Waals surface area contributed by atoms with Crippen LogP contribution in [-0.2, 0) is 6.42 Å². The molecule has 2 aromatic rings. The fourth-order valence-corrected chi connectivity index (χ4v) is 2.13. The van der Waals surface area contributed by atoms with Crippen molar-refractivity contribution in [2.45, 2.75) is 19.4 Å². The van der Waals surface area contributed by atoms with E-state index in [4.69, 9.17) is 5.73 Å². The molecule has 1 aromatic heterocycles. The van der Waals surface area contributed by atoms with E-state index in [-0.39, 0.29) is 11.9 Å². The number of nitrogen functional groups attached to an aromatic ring is 1. The molecule has 0 saturated carbocycles. The Bertz CT molecular complexity index is 569. The monoisotopic (exact) mass is 259 g/mol. The lowest BCUT2D eigenvalue weighted by Gasteiger charge is -2.19. The van der Waals surface area contributed by atoms with Crippen molar-refractivity contribution in [2.24, 2.45) is 0 Å². The van der Waals surface area contributed by atoms with E-state index in [1.807, 2.05) is 26.1 Å². The molecule has 0 radical (unpaired) electrons. The third-order valence-electron chi connectivity index (χ3n) is 3.19. The fraction of sp³-hybridized carbons (Fsp3) is 0.267. The molecule has 1 heterocycles. The van der Waals surface area contributed by atoms with Gasteiger partial charge in [-0.1, -0.05) is 18.2 Å².